The van der Waals surface area contributed by atoms with E-state index in [1.54, 1.807) is 0 Å². The average Bonchev–Trinajstić information content (AvgIpc) is 2.35. The SMILES string of the molecule is CN(CCCCCNC(C)(C)C)Cc1ccc(Br)cc1. The fourth-order valence-electron chi connectivity index (χ4n) is 2.13. The third-order valence-electron chi connectivity index (χ3n) is 3.24. The van der Waals surface area contributed by atoms with E-state index in [4.69, 9.17) is 0 Å². The molecule has 20 heavy (non-hydrogen) atoms. The number of halogens is 1. The molecule has 1 rings (SSSR count). The van der Waals surface area contributed by atoms with Crippen molar-refractivity contribution in [3.05, 3.63) is 34.3 Å². The Balaban J connectivity index is 2.08. The molecule has 0 bridgehead atoms. The van der Waals surface area contributed by atoms with E-state index in [0.29, 0.717) is 0 Å². The fraction of sp³-hybridized carbons (Fsp3) is 0.647. The average molecular weight is 341 g/mol. The molecule has 114 valence electrons. The second kappa shape index (κ2) is 8.81. The monoisotopic (exact) mass is 340 g/mol. The quantitative estimate of drug-likeness (QED) is 0.703. The zero-order valence-corrected chi connectivity index (χ0v) is 15.0. The van der Waals surface area contributed by atoms with Gasteiger partial charge in [0.25, 0.3) is 0 Å². The number of rotatable bonds is 8. The molecule has 2 nitrogen and oxygen atoms in total. The highest BCUT2D eigenvalue weighted by Gasteiger charge is 2.07. The minimum Gasteiger partial charge on any atom is -0.312 e. The van der Waals surface area contributed by atoms with Crippen molar-refractivity contribution in [1.82, 2.24) is 10.2 Å². The molecule has 0 aromatic heterocycles. The molecule has 0 amide bonds. The summed E-state index contributed by atoms with van der Waals surface area (Å²) < 4.78 is 1.15. The highest BCUT2D eigenvalue weighted by atomic mass is 79.9. The first-order valence-electron chi connectivity index (χ1n) is 7.55. The van der Waals surface area contributed by atoms with Crippen LogP contribution in [0.1, 0.15) is 45.6 Å². The predicted octanol–water partition coefficient (Wildman–Crippen LogP) is 4.44. The Bertz CT molecular complexity index is 368. The third-order valence-corrected chi connectivity index (χ3v) is 3.77. The largest absolute Gasteiger partial charge is 0.312 e. The van der Waals surface area contributed by atoms with Gasteiger partial charge in [0, 0.05) is 16.6 Å². The second-order valence-electron chi connectivity index (χ2n) is 6.60. The van der Waals surface area contributed by atoms with E-state index in [1.807, 2.05) is 0 Å². The zero-order chi connectivity index (χ0) is 15.0. The summed E-state index contributed by atoms with van der Waals surface area (Å²) in [4.78, 5) is 2.40. The van der Waals surface area contributed by atoms with Crippen LogP contribution in [0.5, 0.6) is 0 Å². The van der Waals surface area contributed by atoms with E-state index in [1.165, 1.54) is 31.4 Å². The zero-order valence-electron chi connectivity index (χ0n) is 13.4. The molecule has 1 aromatic rings. The summed E-state index contributed by atoms with van der Waals surface area (Å²) in [6.07, 6.45) is 3.84. The lowest BCUT2D eigenvalue weighted by molar-refractivity contribution is 0.315. The maximum atomic E-state index is 3.54. The maximum absolute atomic E-state index is 3.54. The molecule has 0 saturated carbocycles. The standard InChI is InChI=1S/C17H29BrN2/c1-17(2,3)19-12-6-5-7-13-20(4)14-15-8-10-16(18)11-9-15/h8-11,19H,5-7,12-14H2,1-4H3. The molecule has 0 unspecified atom stereocenters. The molecular weight excluding hydrogens is 312 g/mol. The van der Waals surface area contributed by atoms with Crippen LogP contribution in [0.15, 0.2) is 28.7 Å². The number of hydrogen-bond donors (Lipinski definition) is 1. The molecule has 0 fully saturated rings. The van der Waals surface area contributed by atoms with Crippen LogP contribution in [0.25, 0.3) is 0 Å². The Morgan fingerprint density at radius 3 is 2.30 bits per heavy atom. The Morgan fingerprint density at radius 1 is 1.05 bits per heavy atom. The minimum atomic E-state index is 0.248. The molecule has 0 aliphatic carbocycles. The summed E-state index contributed by atoms with van der Waals surface area (Å²) in [6.45, 7) is 10.00. The van der Waals surface area contributed by atoms with Gasteiger partial charge in [-0.05, 0) is 71.4 Å². The van der Waals surface area contributed by atoms with Gasteiger partial charge in [-0.15, -0.1) is 0 Å². The van der Waals surface area contributed by atoms with Gasteiger partial charge in [-0.2, -0.15) is 0 Å². The fourth-order valence-corrected chi connectivity index (χ4v) is 2.39. The van der Waals surface area contributed by atoms with Gasteiger partial charge in [-0.3, -0.25) is 0 Å². The molecule has 0 aliphatic heterocycles. The van der Waals surface area contributed by atoms with E-state index < -0.39 is 0 Å². The molecule has 0 radical (unpaired) electrons. The first-order chi connectivity index (χ1) is 9.37. The van der Waals surface area contributed by atoms with E-state index in [0.717, 1.165) is 17.6 Å². The molecule has 0 saturated heterocycles. The summed E-state index contributed by atoms with van der Waals surface area (Å²) in [7, 11) is 2.20. The van der Waals surface area contributed by atoms with Crippen molar-refractivity contribution in [1.29, 1.82) is 0 Å². The number of unbranched alkanes of at least 4 members (excludes halogenated alkanes) is 2. The summed E-state index contributed by atoms with van der Waals surface area (Å²) in [5.74, 6) is 0. The van der Waals surface area contributed by atoms with Crippen molar-refractivity contribution in [2.75, 3.05) is 20.1 Å². The van der Waals surface area contributed by atoms with E-state index in [9.17, 15) is 0 Å². The second-order valence-corrected chi connectivity index (χ2v) is 7.52. The van der Waals surface area contributed by atoms with Gasteiger partial charge >= 0.3 is 0 Å². The van der Waals surface area contributed by atoms with Crippen LogP contribution in [0.2, 0.25) is 0 Å². The van der Waals surface area contributed by atoms with E-state index in [-0.39, 0.29) is 5.54 Å². The lowest BCUT2D eigenvalue weighted by atomic mass is 10.1. The van der Waals surface area contributed by atoms with E-state index >= 15 is 0 Å². The number of nitrogens with zero attached hydrogens (tertiary/aromatic N) is 1. The van der Waals surface area contributed by atoms with Crippen molar-refractivity contribution in [3.63, 3.8) is 0 Å². The highest BCUT2D eigenvalue weighted by Crippen LogP contribution is 2.12. The Hall–Kier alpha value is -0.380. The minimum absolute atomic E-state index is 0.248. The van der Waals surface area contributed by atoms with E-state index in [2.05, 4.69) is 78.2 Å². The van der Waals surface area contributed by atoms with Gasteiger partial charge in [0.05, 0.1) is 0 Å². The topological polar surface area (TPSA) is 15.3 Å². The van der Waals surface area contributed by atoms with Crippen LogP contribution >= 0.6 is 15.9 Å². The van der Waals surface area contributed by atoms with Gasteiger partial charge < -0.3 is 10.2 Å². The maximum Gasteiger partial charge on any atom is 0.0230 e. The van der Waals surface area contributed by atoms with Gasteiger partial charge in [-0.1, -0.05) is 34.5 Å². The van der Waals surface area contributed by atoms with Crippen LogP contribution in [-0.2, 0) is 6.54 Å². The molecule has 0 aliphatic rings. The van der Waals surface area contributed by atoms with Gasteiger partial charge in [0.15, 0.2) is 0 Å². The summed E-state index contributed by atoms with van der Waals surface area (Å²) in [5.41, 5.74) is 1.63. The lowest BCUT2D eigenvalue weighted by Crippen LogP contribution is -2.36. The molecule has 1 N–H and O–H groups in total. The summed E-state index contributed by atoms with van der Waals surface area (Å²) in [5, 5.41) is 3.54. The summed E-state index contributed by atoms with van der Waals surface area (Å²) in [6, 6.07) is 8.60. The number of nitrogens with one attached hydrogen (secondary N) is 1. The Morgan fingerprint density at radius 2 is 1.70 bits per heavy atom. The lowest BCUT2D eigenvalue weighted by Gasteiger charge is -2.20. The summed E-state index contributed by atoms with van der Waals surface area (Å²) >= 11 is 3.47. The van der Waals surface area contributed by atoms with Crippen molar-refractivity contribution < 1.29 is 0 Å². The van der Waals surface area contributed by atoms with Gasteiger partial charge in [0.1, 0.15) is 0 Å². The number of hydrogen-bond acceptors (Lipinski definition) is 2. The Labute approximate surface area is 133 Å². The van der Waals surface area contributed by atoms with Crippen molar-refractivity contribution in [3.8, 4) is 0 Å². The van der Waals surface area contributed by atoms with Crippen LogP contribution in [0, 0.1) is 0 Å². The molecule has 0 heterocycles. The highest BCUT2D eigenvalue weighted by molar-refractivity contribution is 9.10. The van der Waals surface area contributed by atoms with Crippen LogP contribution < -0.4 is 5.32 Å². The molecular formula is C17H29BrN2. The molecule has 3 heteroatoms. The van der Waals surface area contributed by atoms with Crippen LogP contribution in [0.4, 0.5) is 0 Å². The van der Waals surface area contributed by atoms with Crippen LogP contribution in [-0.4, -0.2) is 30.6 Å². The molecule has 0 atom stereocenters. The van der Waals surface area contributed by atoms with Crippen molar-refractivity contribution in [2.45, 2.75) is 52.1 Å². The predicted molar refractivity (Wildman–Crippen MR) is 92.1 cm³/mol. The van der Waals surface area contributed by atoms with Crippen molar-refractivity contribution in [2.24, 2.45) is 0 Å². The van der Waals surface area contributed by atoms with Crippen LogP contribution in [0.3, 0.4) is 0 Å². The van der Waals surface area contributed by atoms with Gasteiger partial charge in [0.2, 0.25) is 0 Å². The number of benzene rings is 1. The third kappa shape index (κ3) is 8.72. The van der Waals surface area contributed by atoms with Gasteiger partial charge in [-0.25, -0.2) is 0 Å². The first kappa shape index (κ1) is 17.7. The Kier molecular flexibility index (Phi) is 7.78. The smallest absolute Gasteiger partial charge is 0.0230 e. The molecule has 1 aromatic carbocycles. The molecule has 0 spiro atoms. The normalized spacial score (nSPS) is 12.1. The van der Waals surface area contributed by atoms with Crippen molar-refractivity contribution >= 4 is 15.9 Å². The first-order valence-corrected chi connectivity index (χ1v) is 8.34.